The first-order valence-electron chi connectivity index (χ1n) is 13.6. The molecule has 2 aliphatic rings. The summed E-state index contributed by atoms with van der Waals surface area (Å²) >= 11 is 3.43. The molecule has 0 saturated carbocycles. The van der Waals surface area contributed by atoms with Crippen LogP contribution in [0, 0.1) is 5.82 Å². The van der Waals surface area contributed by atoms with Gasteiger partial charge >= 0.3 is 0 Å². The highest BCUT2D eigenvalue weighted by Crippen LogP contribution is 2.30. The third-order valence-corrected chi connectivity index (χ3v) is 8.22. The summed E-state index contributed by atoms with van der Waals surface area (Å²) in [5.74, 6) is 0.118. The standard InChI is InChI=1S/C30H25BrFN7O3/c31-20-4-8-22(9-5-20)38-12-11-26(30(38)41)39-16-25(35-36-39)27-17-37(13-14-42-27)29(40)19-3-10-23-24(15-19)34-28(33-23)18-1-6-21(32)7-2-18/h1-10,15-16,26-27H,11-14,17H2,(H,33,34). The van der Waals surface area contributed by atoms with Crippen LogP contribution in [0.3, 0.4) is 0 Å². The molecule has 2 aliphatic heterocycles. The molecule has 2 saturated heterocycles. The summed E-state index contributed by atoms with van der Waals surface area (Å²) in [5, 5.41) is 8.57. The average molecular weight is 630 g/mol. The topological polar surface area (TPSA) is 109 Å². The molecule has 212 valence electrons. The Kier molecular flexibility index (Phi) is 6.79. The molecule has 0 aliphatic carbocycles. The van der Waals surface area contributed by atoms with Crippen LogP contribution in [-0.4, -0.2) is 67.9 Å². The Morgan fingerprint density at radius 1 is 1.05 bits per heavy atom. The van der Waals surface area contributed by atoms with Crippen molar-refractivity contribution in [1.29, 1.82) is 0 Å². The van der Waals surface area contributed by atoms with Gasteiger partial charge in [0.25, 0.3) is 11.8 Å². The van der Waals surface area contributed by atoms with Crippen LogP contribution in [-0.2, 0) is 9.53 Å². The van der Waals surface area contributed by atoms with E-state index in [-0.39, 0.29) is 17.6 Å². The fraction of sp³-hybridized carbons (Fsp3) is 0.233. The van der Waals surface area contributed by atoms with Gasteiger partial charge in [-0.1, -0.05) is 21.1 Å². The van der Waals surface area contributed by atoms with Gasteiger partial charge in [0.1, 0.15) is 29.5 Å². The van der Waals surface area contributed by atoms with Crippen molar-refractivity contribution in [3.8, 4) is 11.4 Å². The van der Waals surface area contributed by atoms with Gasteiger partial charge in [-0.15, -0.1) is 5.10 Å². The molecule has 2 atom stereocenters. The van der Waals surface area contributed by atoms with Crippen LogP contribution >= 0.6 is 15.9 Å². The summed E-state index contributed by atoms with van der Waals surface area (Å²) in [5.41, 5.74) is 4.12. The van der Waals surface area contributed by atoms with E-state index in [0.717, 1.165) is 15.7 Å². The summed E-state index contributed by atoms with van der Waals surface area (Å²) in [6, 6.07) is 18.6. The molecule has 0 bridgehead atoms. The van der Waals surface area contributed by atoms with E-state index in [9.17, 15) is 14.0 Å². The van der Waals surface area contributed by atoms with Gasteiger partial charge in [-0.2, -0.15) is 0 Å². The first-order valence-corrected chi connectivity index (χ1v) is 14.4. The smallest absolute Gasteiger partial charge is 0.254 e. The van der Waals surface area contributed by atoms with E-state index in [4.69, 9.17) is 4.74 Å². The van der Waals surface area contributed by atoms with Crippen molar-refractivity contribution in [1.82, 2.24) is 29.9 Å². The highest BCUT2D eigenvalue weighted by Gasteiger charge is 2.36. The predicted octanol–water partition coefficient (Wildman–Crippen LogP) is 4.91. The van der Waals surface area contributed by atoms with Crippen LogP contribution in [0.2, 0.25) is 0 Å². The summed E-state index contributed by atoms with van der Waals surface area (Å²) < 4.78 is 21.8. The molecule has 2 aromatic heterocycles. The molecule has 5 aromatic rings. The van der Waals surface area contributed by atoms with Crippen molar-refractivity contribution in [3.63, 3.8) is 0 Å². The summed E-state index contributed by atoms with van der Waals surface area (Å²) in [4.78, 5) is 38.0. The number of anilines is 1. The number of morpholine rings is 1. The van der Waals surface area contributed by atoms with Gasteiger partial charge in [0.2, 0.25) is 0 Å². The van der Waals surface area contributed by atoms with Gasteiger partial charge in [-0.3, -0.25) is 9.59 Å². The van der Waals surface area contributed by atoms with E-state index in [1.165, 1.54) is 12.1 Å². The van der Waals surface area contributed by atoms with Crippen LogP contribution in [0.1, 0.15) is 34.6 Å². The van der Waals surface area contributed by atoms with Crippen LogP contribution in [0.15, 0.2) is 77.4 Å². The minimum absolute atomic E-state index is 0.0353. The number of hydrogen-bond acceptors (Lipinski definition) is 6. The van der Waals surface area contributed by atoms with Crippen molar-refractivity contribution >= 4 is 44.5 Å². The Morgan fingerprint density at radius 3 is 2.67 bits per heavy atom. The molecule has 2 unspecified atom stereocenters. The lowest BCUT2D eigenvalue weighted by atomic mass is 10.1. The number of benzene rings is 3. The maximum absolute atomic E-state index is 13.5. The van der Waals surface area contributed by atoms with Gasteiger partial charge in [-0.05, 0) is 73.2 Å². The van der Waals surface area contributed by atoms with E-state index < -0.39 is 12.1 Å². The first-order chi connectivity index (χ1) is 20.4. The van der Waals surface area contributed by atoms with Crippen molar-refractivity contribution in [3.05, 3.63) is 94.5 Å². The normalized spacial score (nSPS) is 19.1. The second-order valence-corrected chi connectivity index (χ2v) is 11.2. The average Bonchev–Trinajstić information content (AvgIpc) is 3.76. The van der Waals surface area contributed by atoms with Gasteiger partial charge in [0.15, 0.2) is 0 Å². The Labute approximate surface area is 248 Å². The number of fused-ring (bicyclic) bond motifs is 1. The zero-order valence-corrected chi connectivity index (χ0v) is 23.9. The number of amides is 2. The molecule has 3 aromatic carbocycles. The lowest BCUT2D eigenvalue weighted by Crippen LogP contribution is -2.42. The number of H-pyrrole nitrogens is 1. The highest BCUT2D eigenvalue weighted by molar-refractivity contribution is 9.10. The van der Waals surface area contributed by atoms with Crippen molar-refractivity contribution in [2.24, 2.45) is 0 Å². The number of imidazole rings is 1. The largest absolute Gasteiger partial charge is 0.368 e. The Bertz CT molecular complexity index is 1790. The number of ether oxygens (including phenoxy) is 1. The molecule has 12 heteroatoms. The third kappa shape index (κ3) is 4.96. The molecule has 2 fully saturated rings. The number of carbonyl (C=O) groups is 2. The number of carbonyl (C=O) groups excluding carboxylic acids is 2. The fourth-order valence-electron chi connectivity index (χ4n) is 5.46. The molecule has 0 spiro atoms. The van der Waals surface area contributed by atoms with Crippen LogP contribution in [0.5, 0.6) is 0 Å². The van der Waals surface area contributed by atoms with E-state index >= 15 is 0 Å². The summed E-state index contributed by atoms with van der Waals surface area (Å²) in [6.45, 7) is 1.69. The lowest BCUT2D eigenvalue weighted by molar-refractivity contribution is -0.120. The summed E-state index contributed by atoms with van der Waals surface area (Å²) in [7, 11) is 0. The van der Waals surface area contributed by atoms with Gasteiger partial charge in [0, 0.05) is 34.4 Å². The number of aromatic amines is 1. The Morgan fingerprint density at radius 2 is 1.86 bits per heavy atom. The minimum Gasteiger partial charge on any atom is -0.368 e. The fourth-order valence-corrected chi connectivity index (χ4v) is 5.72. The zero-order valence-electron chi connectivity index (χ0n) is 22.3. The first kappa shape index (κ1) is 26.5. The number of rotatable bonds is 5. The second-order valence-electron chi connectivity index (χ2n) is 10.3. The van der Waals surface area contributed by atoms with Crippen molar-refractivity contribution in [2.45, 2.75) is 18.6 Å². The van der Waals surface area contributed by atoms with E-state index in [1.54, 1.807) is 51.0 Å². The molecule has 0 radical (unpaired) electrons. The molecule has 10 nitrogen and oxygen atoms in total. The van der Waals surface area contributed by atoms with Gasteiger partial charge < -0.3 is 19.5 Å². The maximum Gasteiger partial charge on any atom is 0.254 e. The van der Waals surface area contributed by atoms with Crippen molar-refractivity contribution < 1.29 is 18.7 Å². The molecule has 4 heterocycles. The minimum atomic E-state index is -0.462. The molecular weight excluding hydrogens is 605 g/mol. The van der Waals surface area contributed by atoms with Crippen molar-refractivity contribution in [2.75, 3.05) is 31.1 Å². The number of nitrogens with zero attached hydrogens (tertiary/aromatic N) is 6. The number of halogens is 2. The van der Waals surface area contributed by atoms with Crippen LogP contribution < -0.4 is 4.90 Å². The third-order valence-electron chi connectivity index (χ3n) is 7.69. The number of aromatic nitrogens is 5. The molecule has 42 heavy (non-hydrogen) atoms. The Balaban J connectivity index is 1.04. The molecule has 7 rings (SSSR count). The summed E-state index contributed by atoms with van der Waals surface area (Å²) in [6.07, 6.45) is 1.91. The van der Waals surface area contributed by atoms with Gasteiger partial charge in [-0.25, -0.2) is 14.1 Å². The predicted molar refractivity (Wildman–Crippen MR) is 156 cm³/mol. The van der Waals surface area contributed by atoms with E-state index in [0.29, 0.717) is 60.8 Å². The van der Waals surface area contributed by atoms with Crippen LogP contribution in [0.4, 0.5) is 10.1 Å². The lowest BCUT2D eigenvalue weighted by Gasteiger charge is -2.32. The number of nitrogens with one attached hydrogen (secondary N) is 1. The van der Waals surface area contributed by atoms with E-state index in [2.05, 4.69) is 36.2 Å². The Hall–Kier alpha value is -4.42. The van der Waals surface area contributed by atoms with E-state index in [1.807, 2.05) is 24.3 Å². The second kappa shape index (κ2) is 10.8. The zero-order chi connectivity index (χ0) is 28.8. The monoisotopic (exact) mass is 629 g/mol. The quantitative estimate of drug-likeness (QED) is 0.296. The molecule has 2 amide bonds. The molecular formula is C30H25BrFN7O3. The number of hydrogen-bond donors (Lipinski definition) is 1. The van der Waals surface area contributed by atoms with Gasteiger partial charge in [0.05, 0.1) is 30.4 Å². The maximum atomic E-state index is 13.5. The van der Waals surface area contributed by atoms with Crippen LogP contribution in [0.25, 0.3) is 22.4 Å². The highest BCUT2D eigenvalue weighted by atomic mass is 79.9. The molecule has 1 N–H and O–H groups in total. The SMILES string of the molecule is O=C(c1ccc2nc(-c3ccc(F)cc3)[nH]c2c1)N1CCOC(c2cn(C3CCN(c4ccc(Br)cc4)C3=O)nn2)C1.